The van der Waals surface area contributed by atoms with Crippen molar-refractivity contribution >= 4 is 0 Å². The molecule has 0 aliphatic heterocycles. The molecule has 0 saturated heterocycles. The maximum atomic E-state index is 13.6. The lowest BCUT2D eigenvalue weighted by molar-refractivity contribution is 0.342. The van der Waals surface area contributed by atoms with E-state index in [4.69, 9.17) is 4.52 Å². The zero-order valence-corrected chi connectivity index (χ0v) is 12.8. The highest BCUT2D eigenvalue weighted by atomic mass is 19.1. The first kappa shape index (κ1) is 15.6. The summed E-state index contributed by atoms with van der Waals surface area (Å²) in [5, 5.41) is 7.20. The van der Waals surface area contributed by atoms with E-state index in [1.807, 2.05) is 7.05 Å². The summed E-state index contributed by atoms with van der Waals surface area (Å²) in [5.41, 5.74) is 0.581. The minimum atomic E-state index is -0.239. The summed E-state index contributed by atoms with van der Waals surface area (Å²) in [6.45, 7) is 4.36. The number of halogens is 1. The van der Waals surface area contributed by atoms with Gasteiger partial charge < -0.3 is 9.84 Å². The molecule has 0 amide bonds. The first-order valence-electron chi connectivity index (χ1n) is 7.30. The monoisotopic (exact) mass is 291 g/mol. The Labute approximate surface area is 124 Å². The molecule has 2 rings (SSSR count). The molecule has 0 radical (unpaired) electrons. The summed E-state index contributed by atoms with van der Waals surface area (Å²) in [4.78, 5) is 4.36. The Morgan fingerprint density at radius 1 is 1.29 bits per heavy atom. The van der Waals surface area contributed by atoms with Crippen molar-refractivity contribution in [1.82, 2.24) is 15.5 Å². The van der Waals surface area contributed by atoms with E-state index in [2.05, 4.69) is 29.3 Å². The fourth-order valence-electron chi connectivity index (χ4n) is 2.34. The minimum Gasteiger partial charge on any atom is -0.339 e. The molecule has 0 aliphatic rings. The highest BCUT2D eigenvalue weighted by Gasteiger charge is 2.15. The summed E-state index contributed by atoms with van der Waals surface area (Å²) in [7, 11) is 1.93. The quantitative estimate of drug-likeness (QED) is 0.852. The third kappa shape index (κ3) is 4.63. The lowest BCUT2D eigenvalue weighted by Crippen LogP contribution is -2.29. The Hall–Kier alpha value is -1.75. The number of likely N-dealkylation sites (N-methyl/N-ethyl adjacent to an activating group) is 1. The van der Waals surface area contributed by atoms with E-state index >= 15 is 0 Å². The van der Waals surface area contributed by atoms with E-state index in [0.717, 1.165) is 6.42 Å². The van der Waals surface area contributed by atoms with Gasteiger partial charge in [-0.25, -0.2) is 4.39 Å². The molecule has 0 aliphatic carbocycles. The highest BCUT2D eigenvalue weighted by molar-refractivity contribution is 5.20. The van der Waals surface area contributed by atoms with Crippen LogP contribution in [0.15, 0.2) is 28.8 Å². The van der Waals surface area contributed by atoms with Crippen molar-refractivity contribution < 1.29 is 8.91 Å². The van der Waals surface area contributed by atoms with Crippen molar-refractivity contribution in [3.8, 4) is 0 Å². The van der Waals surface area contributed by atoms with Crippen molar-refractivity contribution in [3.05, 3.63) is 47.4 Å². The number of nitrogens with zero attached hydrogens (tertiary/aromatic N) is 2. The average molecular weight is 291 g/mol. The Balaban J connectivity index is 1.99. The van der Waals surface area contributed by atoms with Gasteiger partial charge in [-0.2, -0.15) is 4.98 Å². The van der Waals surface area contributed by atoms with Crippen LogP contribution in [0.3, 0.4) is 0 Å². The van der Waals surface area contributed by atoms with E-state index in [1.165, 1.54) is 6.07 Å². The van der Waals surface area contributed by atoms with Crippen LogP contribution in [0.2, 0.25) is 0 Å². The molecule has 5 heteroatoms. The normalized spacial score (nSPS) is 12.8. The fraction of sp³-hybridized carbons (Fsp3) is 0.500. The van der Waals surface area contributed by atoms with Gasteiger partial charge in [-0.15, -0.1) is 0 Å². The van der Waals surface area contributed by atoms with Crippen LogP contribution >= 0.6 is 0 Å². The van der Waals surface area contributed by atoms with E-state index in [0.29, 0.717) is 42.1 Å². The van der Waals surface area contributed by atoms with Gasteiger partial charge in [0.25, 0.3) is 0 Å². The summed E-state index contributed by atoms with van der Waals surface area (Å²) in [5.74, 6) is 1.48. The smallest absolute Gasteiger partial charge is 0.228 e. The second-order valence-electron chi connectivity index (χ2n) is 5.69. The molecule has 21 heavy (non-hydrogen) atoms. The van der Waals surface area contributed by atoms with Crippen LogP contribution in [0.1, 0.15) is 37.5 Å². The predicted octanol–water partition coefficient (Wildman–Crippen LogP) is 2.98. The molecule has 1 aromatic heterocycles. The van der Waals surface area contributed by atoms with Crippen LogP contribution in [0.4, 0.5) is 4.39 Å². The first-order chi connectivity index (χ1) is 10.1. The number of hydrogen-bond donors (Lipinski definition) is 1. The van der Waals surface area contributed by atoms with Gasteiger partial charge in [0.1, 0.15) is 5.82 Å². The SMILES string of the molecule is CNC(Cc1nc(Cc2ccccc2F)no1)CC(C)C. The van der Waals surface area contributed by atoms with Gasteiger partial charge in [0.15, 0.2) is 5.82 Å². The second kappa shape index (κ2) is 7.31. The van der Waals surface area contributed by atoms with Gasteiger partial charge in [0.05, 0.1) is 0 Å². The number of rotatable bonds is 7. The Kier molecular flexibility index (Phi) is 5.44. The second-order valence-corrected chi connectivity index (χ2v) is 5.69. The Morgan fingerprint density at radius 2 is 2.05 bits per heavy atom. The fourth-order valence-corrected chi connectivity index (χ4v) is 2.34. The van der Waals surface area contributed by atoms with Crippen LogP contribution in [0, 0.1) is 11.7 Å². The summed E-state index contributed by atoms with van der Waals surface area (Å²) in [6.07, 6.45) is 2.09. The summed E-state index contributed by atoms with van der Waals surface area (Å²) in [6, 6.07) is 6.96. The molecule has 1 N–H and O–H groups in total. The standard InChI is InChI=1S/C16H22FN3O/c1-11(2)8-13(18-3)10-16-19-15(20-21-16)9-12-6-4-5-7-14(12)17/h4-7,11,13,18H,8-10H2,1-3H3. The van der Waals surface area contributed by atoms with Gasteiger partial charge >= 0.3 is 0 Å². The highest BCUT2D eigenvalue weighted by Crippen LogP contribution is 2.13. The molecule has 0 saturated carbocycles. The largest absolute Gasteiger partial charge is 0.339 e. The Bertz CT molecular complexity index is 568. The number of benzene rings is 1. The zero-order valence-electron chi connectivity index (χ0n) is 12.8. The molecule has 0 spiro atoms. The van der Waals surface area contributed by atoms with Crippen LogP contribution < -0.4 is 5.32 Å². The number of hydrogen-bond acceptors (Lipinski definition) is 4. The average Bonchev–Trinajstić information content (AvgIpc) is 2.87. The van der Waals surface area contributed by atoms with E-state index in [-0.39, 0.29) is 5.82 Å². The zero-order chi connectivity index (χ0) is 15.2. The summed E-state index contributed by atoms with van der Waals surface area (Å²) >= 11 is 0. The van der Waals surface area contributed by atoms with Crippen molar-refractivity contribution in [2.45, 2.75) is 39.2 Å². The van der Waals surface area contributed by atoms with E-state index in [1.54, 1.807) is 18.2 Å². The lowest BCUT2D eigenvalue weighted by atomic mass is 10.0. The number of nitrogens with one attached hydrogen (secondary N) is 1. The van der Waals surface area contributed by atoms with Gasteiger partial charge in [0.2, 0.25) is 5.89 Å². The number of aromatic nitrogens is 2. The molecule has 1 heterocycles. The van der Waals surface area contributed by atoms with Crippen molar-refractivity contribution in [1.29, 1.82) is 0 Å². The summed E-state index contributed by atoms with van der Waals surface area (Å²) < 4.78 is 18.9. The molecule has 114 valence electrons. The topological polar surface area (TPSA) is 51.0 Å². The molecule has 0 bridgehead atoms. The van der Waals surface area contributed by atoms with Gasteiger partial charge in [0, 0.05) is 18.9 Å². The van der Waals surface area contributed by atoms with Crippen molar-refractivity contribution in [3.63, 3.8) is 0 Å². The molecular weight excluding hydrogens is 269 g/mol. The van der Waals surface area contributed by atoms with Gasteiger partial charge in [-0.3, -0.25) is 0 Å². The van der Waals surface area contributed by atoms with Crippen LogP contribution in [-0.2, 0) is 12.8 Å². The van der Waals surface area contributed by atoms with Gasteiger partial charge in [-0.05, 0) is 31.0 Å². The molecule has 1 unspecified atom stereocenters. The van der Waals surface area contributed by atoms with Crippen molar-refractivity contribution in [2.24, 2.45) is 5.92 Å². The third-order valence-corrected chi connectivity index (χ3v) is 3.40. The Morgan fingerprint density at radius 3 is 2.71 bits per heavy atom. The molecule has 4 nitrogen and oxygen atoms in total. The van der Waals surface area contributed by atoms with E-state index in [9.17, 15) is 4.39 Å². The van der Waals surface area contributed by atoms with Gasteiger partial charge in [-0.1, -0.05) is 37.2 Å². The van der Waals surface area contributed by atoms with Crippen LogP contribution in [0.25, 0.3) is 0 Å². The molecule has 2 aromatic rings. The lowest BCUT2D eigenvalue weighted by Gasteiger charge is -2.15. The minimum absolute atomic E-state index is 0.239. The molecule has 0 fully saturated rings. The third-order valence-electron chi connectivity index (χ3n) is 3.40. The van der Waals surface area contributed by atoms with Crippen molar-refractivity contribution in [2.75, 3.05) is 7.05 Å². The van der Waals surface area contributed by atoms with Crippen LogP contribution in [0.5, 0.6) is 0 Å². The molecule has 1 aromatic carbocycles. The van der Waals surface area contributed by atoms with E-state index < -0.39 is 0 Å². The first-order valence-corrected chi connectivity index (χ1v) is 7.30. The van der Waals surface area contributed by atoms with Crippen LogP contribution in [-0.4, -0.2) is 23.2 Å². The maximum Gasteiger partial charge on any atom is 0.228 e. The molecular formula is C16H22FN3O. The maximum absolute atomic E-state index is 13.6. The predicted molar refractivity (Wildman–Crippen MR) is 79.5 cm³/mol. The molecule has 1 atom stereocenters.